The maximum atomic E-state index is 11.5. The minimum atomic E-state index is -1.01. The number of amides is 1. The number of ether oxygens (including phenoxy) is 1. The largest absolute Gasteiger partial charge is 0.478 e. The van der Waals surface area contributed by atoms with Gasteiger partial charge in [0.1, 0.15) is 0 Å². The molecule has 1 aromatic carbocycles. The number of allylic oxidation sites excluding steroid dienone is 1. The van der Waals surface area contributed by atoms with Gasteiger partial charge in [-0.15, -0.1) is 6.58 Å². The number of imidazole rings is 1. The third-order valence-corrected chi connectivity index (χ3v) is 4.55. The Bertz CT molecular complexity index is 847. The molecule has 0 bridgehead atoms. The zero-order valence-electron chi connectivity index (χ0n) is 18.6. The predicted octanol–water partition coefficient (Wildman–Crippen LogP) is 4.33. The summed E-state index contributed by atoms with van der Waals surface area (Å²) in [6.45, 7) is 13.9. The number of methoxy groups -OCH3 is 1. The lowest BCUT2D eigenvalue weighted by atomic mass is 10.1. The molecule has 2 heterocycles. The van der Waals surface area contributed by atoms with Crippen LogP contribution in [0.2, 0.25) is 0 Å². The third-order valence-electron chi connectivity index (χ3n) is 4.55. The second-order valence-electron chi connectivity index (χ2n) is 6.21. The lowest BCUT2D eigenvalue weighted by molar-refractivity contribution is -0.105. The summed E-state index contributed by atoms with van der Waals surface area (Å²) in [6, 6.07) is 3.26. The number of carbonyl (C=O) groups is 2. The normalized spacial score (nSPS) is 14.2. The maximum absolute atomic E-state index is 11.5. The topological polar surface area (TPSA) is 96.7 Å². The molecule has 0 spiro atoms. The smallest absolute Gasteiger partial charge is 0.335 e. The van der Waals surface area contributed by atoms with Crippen molar-refractivity contribution in [2.24, 2.45) is 0 Å². The fraction of sp³-hybridized carbons (Fsp3) is 0.500. The van der Waals surface area contributed by atoms with Gasteiger partial charge in [-0.1, -0.05) is 33.8 Å². The van der Waals surface area contributed by atoms with Crippen molar-refractivity contribution in [3.05, 3.63) is 30.4 Å². The van der Waals surface area contributed by atoms with E-state index in [1.807, 2.05) is 38.3 Å². The molecule has 1 amide bonds. The molecule has 30 heavy (non-hydrogen) atoms. The molecule has 2 N–H and O–H groups in total. The molecule has 1 aliphatic rings. The minimum Gasteiger partial charge on any atom is -0.478 e. The predicted molar refractivity (Wildman–Crippen MR) is 122 cm³/mol. The molecular formula is C22H34N4O4. The number of nitrogens with zero attached hydrogens (tertiary/aromatic N) is 3. The highest BCUT2D eigenvalue weighted by molar-refractivity contribution is 6.00. The first-order valence-corrected chi connectivity index (χ1v) is 10.4. The SMILES string of the molecule is C=CCC1CN(CCCOC)c2cc(C(=O)O)cc3nc(NC=O)n1c23.CC.CC. The average Bonchev–Trinajstić information content (AvgIpc) is 3.13. The molecule has 0 aliphatic carbocycles. The highest BCUT2D eigenvalue weighted by Gasteiger charge is 2.30. The zero-order chi connectivity index (χ0) is 22.7. The number of rotatable bonds is 9. The van der Waals surface area contributed by atoms with Crippen LogP contribution in [0.3, 0.4) is 0 Å². The van der Waals surface area contributed by atoms with Crippen LogP contribution in [0.5, 0.6) is 0 Å². The summed E-state index contributed by atoms with van der Waals surface area (Å²) in [5, 5.41) is 12.1. The summed E-state index contributed by atoms with van der Waals surface area (Å²) in [5.74, 6) is -0.588. The number of aromatic nitrogens is 2. The Hall–Kier alpha value is -2.87. The quantitative estimate of drug-likeness (QED) is 0.357. The molecule has 0 fully saturated rings. The molecule has 8 heteroatoms. The van der Waals surface area contributed by atoms with Gasteiger partial charge < -0.3 is 19.3 Å². The van der Waals surface area contributed by atoms with E-state index < -0.39 is 5.97 Å². The van der Waals surface area contributed by atoms with Gasteiger partial charge in [-0.3, -0.25) is 10.1 Å². The number of carboxylic acid groups (broad SMARTS) is 1. The molecule has 1 unspecified atom stereocenters. The van der Waals surface area contributed by atoms with Gasteiger partial charge in [0.15, 0.2) is 0 Å². The van der Waals surface area contributed by atoms with Gasteiger partial charge >= 0.3 is 5.97 Å². The van der Waals surface area contributed by atoms with E-state index in [0.29, 0.717) is 37.4 Å². The van der Waals surface area contributed by atoms with Crippen LogP contribution in [0, 0.1) is 0 Å². The third kappa shape index (κ3) is 5.38. The van der Waals surface area contributed by atoms with Crippen LogP contribution in [0.4, 0.5) is 11.6 Å². The van der Waals surface area contributed by atoms with Crippen LogP contribution in [-0.4, -0.2) is 53.8 Å². The van der Waals surface area contributed by atoms with Crippen LogP contribution in [0.15, 0.2) is 24.8 Å². The molecule has 166 valence electrons. The summed E-state index contributed by atoms with van der Waals surface area (Å²) < 4.78 is 7.12. The van der Waals surface area contributed by atoms with Crippen molar-refractivity contribution >= 4 is 35.0 Å². The van der Waals surface area contributed by atoms with Crippen LogP contribution >= 0.6 is 0 Å². The van der Waals surface area contributed by atoms with E-state index in [4.69, 9.17) is 4.74 Å². The second kappa shape index (κ2) is 12.6. The van der Waals surface area contributed by atoms with Crippen molar-refractivity contribution in [1.82, 2.24) is 9.55 Å². The molecule has 8 nitrogen and oxygen atoms in total. The molecule has 3 rings (SSSR count). The molecule has 2 aromatic rings. The zero-order valence-corrected chi connectivity index (χ0v) is 18.6. The number of carbonyl (C=O) groups excluding carboxylic acids is 1. The first-order chi connectivity index (χ1) is 14.6. The Kier molecular flexibility index (Phi) is 10.6. The first-order valence-electron chi connectivity index (χ1n) is 10.4. The lowest BCUT2D eigenvalue weighted by Crippen LogP contribution is -2.36. The number of hydrogen-bond acceptors (Lipinski definition) is 5. The summed E-state index contributed by atoms with van der Waals surface area (Å²) in [5.41, 5.74) is 2.36. The summed E-state index contributed by atoms with van der Waals surface area (Å²) in [6.07, 6.45) is 3.95. The van der Waals surface area contributed by atoms with Gasteiger partial charge in [0.05, 0.1) is 28.3 Å². The molecule has 1 atom stereocenters. The van der Waals surface area contributed by atoms with Crippen molar-refractivity contribution in [3.63, 3.8) is 0 Å². The van der Waals surface area contributed by atoms with Crippen molar-refractivity contribution in [2.75, 3.05) is 37.0 Å². The number of carboxylic acids is 1. The van der Waals surface area contributed by atoms with Crippen LogP contribution in [0.25, 0.3) is 11.0 Å². The second-order valence-corrected chi connectivity index (χ2v) is 6.21. The van der Waals surface area contributed by atoms with E-state index in [0.717, 1.165) is 24.2 Å². The van der Waals surface area contributed by atoms with E-state index in [1.54, 1.807) is 13.2 Å². The Balaban J connectivity index is 0.00000106. The van der Waals surface area contributed by atoms with E-state index in [9.17, 15) is 14.7 Å². The van der Waals surface area contributed by atoms with Crippen LogP contribution in [-0.2, 0) is 9.53 Å². The van der Waals surface area contributed by atoms with Gasteiger partial charge in [0.2, 0.25) is 12.4 Å². The number of benzene rings is 1. The van der Waals surface area contributed by atoms with Crippen molar-refractivity contribution < 1.29 is 19.4 Å². The summed E-state index contributed by atoms with van der Waals surface area (Å²) in [7, 11) is 1.66. The summed E-state index contributed by atoms with van der Waals surface area (Å²) >= 11 is 0. The number of hydrogen-bond donors (Lipinski definition) is 2. The number of nitrogens with one attached hydrogen (secondary N) is 1. The van der Waals surface area contributed by atoms with E-state index in [-0.39, 0.29) is 11.6 Å². The molecule has 1 aromatic heterocycles. The van der Waals surface area contributed by atoms with Crippen molar-refractivity contribution in [3.8, 4) is 0 Å². The van der Waals surface area contributed by atoms with Gasteiger partial charge in [-0.25, -0.2) is 9.78 Å². The van der Waals surface area contributed by atoms with Crippen LogP contribution in [0.1, 0.15) is 56.9 Å². The Morgan fingerprint density at radius 2 is 2.07 bits per heavy atom. The fourth-order valence-electron chi connectivity index (χ4n) is 3.50. The number of anilines is 2. The van der Waals surface area contributed by atoms with Crippen molar-refractivity contribution in [2.45, 2.75) is 46.6 Å². The van der Waals surface area contributed by atoms with Gasteiger partial charge in [-0.05, 0) is 25.0 Å². The Labute approximate surface area is 178 Å². The van der Waals surface area contributed by atoms with E-state index in [1.165, 1.54) is 6.07 Å². The molecule has 0 radical (unpaired) electrons. The molecule has 0 saturated heterocycles. The fourth-order valence-corrected chi connectivity index (χ4v) is 3.50. The van der Waals surface area contributed by atoms with Gasteiger partial charge in [0.25, 0.3) is 0 Å². The van der Waals surface area contributed by atoms with Crippen LogP contribution < -0.4 is 10.2 Å². The van der Waals surface area contributed by atoms with E-state index >= 15 is 0 Å². The highest BCUT2D eigenvalue weighted by atomic mass is 16.5. The molecule has 1 aliphatic heterocycles. The maximum Gasteiger partial charge on any atom is 0.335 e. The average molecular weight is 419 g/mol. The Morgan fingerprint density at radius 1 is 1.37 bits per heavy atom. The Morgan fingerprint density at radius 3 is 2.63 bits per heavy atom. The monoisotopic (exact) mass is 418 g/mol. The molecular weight excluding hydrogens is 384 g/mol. The lowest BCUT2D eigenvalue weighted by Gasteiger charge is -2.36. The molecule has 0 saturated carbocycles. The van der Waals surface area contributed by atoms with Crippen molar-refractivity contribution in [1.29, 1.82) is 0 Å². The summed E-state index contributed by atoms with van der Waals surface area (Å²) in [4.78, 5) is 29.1. The highest BCUT2D eigenvalue weighted by Crippen LogP contribution is 2.39. The van der Waals surface area contributed by atoms with Gasteiger partial charge in [-0.2, -0.15) is 0 Å². The van der Waals surface area contributed by atoms with Gasteiger partial charge in [0, 0.05) is 26.8 Å². The standard InChI is InChI=1S/C18H22N4O4.2C2H6/c1-3-5-13-10-21(6-4-7-26-2)15-9-12(17(24)25)8-14-16(15)22(13)18(20-14)19-11-23;2*1-2/h3,8-9,11,13H,1,4-7,10H2,2H3,(H,24,25)(H,19,20,23);2*1-2H3. The van der Waals surface area contributed by atoms with E-state index in [2.05, 4.69) is 21.8 Å². The number of aromatic carboxylic acids is 1. The minimum absolute atomic E-state index is 0.0469. The first kappa shape index (κ1) is 25.2.